The number of cyclic esters (lactones) is 1. The molecule has 4 rings (SSSR count). The maximum Gasteiger partial charge on any atom is 0.336 e. The van der Waals surface area contributed by atoms with Gasteiger partial charge in [-0.15, -0.1) is 10.2 Å². The van der Waals surface area contributed by atoms with Crippen LogP contribution in [-0.2, 0) is 20.9 Å². The van der Waals surface area contributed by atoms with Crippen LogP contribution in [0.1, 0.15) is 44.7 Å². The number of hydrogen-bond donors (Lipinski definition) is 0. The first kappa shape index (κ1) is 23.0. The van der Waals surface area contributed by atoms with Crippen LogP contribution in [0, 0.1) is 5.41 Å². The van der Waals surface area contributed by atoms with Crippen LogP contribution in [0.5, 0.6) is 0 Å². The molecule has 11 nitrogen and oxygen atoms in total. The fourth-order valence-electron chi connectivity index (χ4n) is 5.01. The molecule has 0 unspecified atom stereocenters. The molecule has 1 saturated carbocycles. The maximum absolute atomic E-state index is 13.3. The second-order valence-corrected chi connectivity index (χ2v) is 9.01. The van der Waals surface area contributed by atoms with E-state index in [1.807, 2.05) is 12.1 Å². The summed E-state index contributed by atoms with van der Waals surface area (Å²) in [5, 5.41) is 20.6. The summed E-state index contributed by atoms with van der Waals surface area (Å²) < 4.78 is 5.11. The molecule has 176 valence electrons. The molecule has 1 aliphatic carbocycles. The van der Waals surface area contributed by atoms with Crippen molar-refractivity contribution in [3.8, 4) is 0 Å². The van der Waals surface area contributed by atoms with E-state index in [1.165, 1.54) is 5.01 Å². The minimum atomic E-state index is -0.315. The van der Waals surface area contributed by atoms with E-state index in [1.54, 1.807) is 18.9 Å². The molecule has 0 aromatic carbocycles. The number of ether oxygens (including phenoxy) is 1. The molecule has 1 aromatic heterocycles. The van der Waals surface area contributed by atoms with Gasteiger partial charge in [-0.3, -0.25) is 9.69 Å². The van der Waals surface area contributed by atoms with Gasteiger partial charge >= 0.3 is 5.97 Å². The van der Waals surface area contributed by atoms with Gasteiger partial charge in [0, 0.05) is 32.9 Å². The molecule has 3 heterocycles. The molecule has 1 aromatic rings. The molecule has 0 radical (unpaired) electrons. The van der Waals surface area contributed by atoms with Crippen molar-refractivity contribution >= 4 is 24.4 Å². The first-order valence-electron chi connectivity index (χ1n) is 11.2. The lowest BCUT2D eigenvalue weighted by Gasteiger charge is -2.39. The molecule has 3 aliphatic rings. The van der Waals surface area contributed by atoms with E-state index in [0.717, 1.165) is 43.5 Å². The highest BCUT2D eigenvalue weighted by molar-refractivity contribution is 5.94. The molecule has 1 amide bonds. The molecule has 2 aliphatic heterocycles. The third-order valence-corrected chi connectivity index (χ3v) is 7.14. The van der Waals surface area contributed by atoms with Crippen LogP contribution in [0.25, 0.3) is 0 Å². The van der Waals surface area contributed by atoms with Gasteiger partial charge in [-0.05, 0) is 68.7 Å². The van der Waals surface area contributed by atoms with Crippen molar-refractivity contribution in [3.05, 3.63) is 29.1 Å². The van der Waals surface area contributed by atoms with Crippen molar-refractivity contribution in [1.29, 1.82) is 0 Å². The highest BCUT2D eigenvalue weighted by atomic mass is 16.5. The molecule has 0 atom stereocenters. The Hall–Kier alpha value is -3.21. The van der Waals surface area contributed by atoms with Crippen molar-refractivity contribution in [1.82, 2.24) is 20.0 Å². The van der Waals surface area contributed by atoms with Crippen molar-refractivity contribution < 1.29 is 14.3 Å². The summed E-state index contributed by atoms with van der Waals surface area (Å²) in [6.07, 6.45) is 4.46. The van der Waals surface area contributed by atoms with Gasteiger partial charge < -0.3 is 9.64 Å². The summed E-state index contributed by atoms with van der Waals surface area (Å²) in [7, 11) is 3.80. The summed E-state index contributed by atoms with van der Waals surface area (Å²) in [5.74, 6) is 0.410. The normalized spacial score (nSPS) is 25.6. The van der Waals surface area contributed by atoms with Crippen LogP contribution in [0.15, 0.2) is 39.0 Å². The van der Waals surface area contributed by atoms with E-state index in [9.17, 15) is 9.59 Å². The summed E-state index contributed by atoms with van der Waals surface area (Å²) in [6, 6.07) is 4.15. The highest BCUT2D eigenvalue weighted by Crippen LogP contribution is 2.47. The van der Waals surface area contributed by atoms with Crippen molar-refractivity contribution in [2.75, 3.05) is 32.3 Å². The van der Waals surface area contributed by atoms with Gasteiger partial charge in [0.15, 0.2) is 5.82 Å². The molecule has 11 heteroatoms. The largest absolute Gasteiger partial charge is 0.456 e. The first-order chi connectivity index (χ1) is 15.8. The third kappa shape index (κ3) is 4.50. The summed E-state index contributed by atoms with van der Waals surface area (Å²) in [5.41, 5.74) is 1.87. The minimum Gasteiger partial charge on any atom is -0.456 e. The van der Waals surface area contributed by atoms with Crippen molar-refractivity contribution in [2.24, 2.45) is 21.0 Å². The number of anilines is 1. The minimum absolute atomic E-state index is 0.158. The zero-order chi connectivity index (χ0) is 23.6. The number of amides is 1. The zero-order valence-corrected chi connectivity index (χ0v) is 19.4. The molecular formula is C22H30N8O3. The van der Waals surface area contributed by atoms with E-state index in [4.69, 9.17) is 4.74 Å². The number of likely N-dealkylation sites (tertiary alicyclic amines) is 1. The van der Waals surface area contributed by atoms with Crippen LogP contribution in [-0.4, -0.2) is 71.9 Å². The number of aromatic nitrogens is 2. The number of carbonyl (C=O) groups is 2. The fraction of sp³-hybridized carbons (Fsp3) is 0.591. The standard InChI is InChI=1S/C22H30N8O3/c1-15-18(14-33-20(15)31)30-12-11-22(21(30)32)9-7-17(8-10-22)28(3)13-16-5-6-19(25-24-16)29(4)27-26-23-2/h5-6,17H,2,7-14H2,1,3-4H3/b27-26-/t17-,22-. The van der Waals surface area contributed by atoms with Gasteiger partial charge in [0.2, 0.25) is 5.91 Å². The Morgan fingerprint density at radius 1 is 1.21 bits per heavy atom. The average molecular weight is 455 g/mol. The molecular weight excluding hydrogens is 424 g/mol. The Morgan fingerprint density at radius 2 is 1.97 bits per heavy atom. The predicted molar refractivity (Wildman–Crippen MR) is 121 cm³/mol. The second-order valence-electron chi connectivity index (χ2n) is 9.01. The van der Waals surface area contributed by atoms with E-state index in [0.29, 0.717) is 30.5 Å². The van der Waals surface area contributed by atoms with Crippen LogP contribution in [0.3, 0.4) is 0 Å². The van der Waals surface area contributed by atoms with Crippen LogP contribution < -0.4 is 5.01 Å². The van der Waals surface area contributed by atoms with Crippen LogP contribution in [0.2, 0.25) is 0 Å². The Kier molecular flexibility index (Phi) is 6.50. The van der Waals surface area contributed by atoms with Gasteiger partial charge in [0.1, 0.15) is 6.61 Å². The van der Waals surface area contributed by atoms with Gasteiger partial charge in [-0.25, -0.2) is 9.80 Å². The number of rotatable bonds is 7. The Balaban J connectivity index is 1.33. The lowest BCUT2D eigenvalue weighted by molar-refractivity contribution is -0.138. The molecule has 1 spiro atoms. The van der Waals surface area contributed by atoms with Crippen molar-refractivity contribution in [3.63, 3.8) is 0 Å². The van der Waals surface area contributed by atoms with Crippen molar-refractivity contribution in [2.45, 2.75) is 51.6 Å². The number of nitrogens with zero attached hydrogens (tertiary/aromatic N) is 8. The summed E-state index contributed by atoms with van der Waals surface area (Å²) in [6.45, 7) is 6.55. The second kappa shape index (κ2) is 9.34. The maximum atomic E-state index is 13.3. The summed E-state index contributed by atoms with van der Waals surface area (Å²) >= 11 is 0. The average Bonchev–Trinajstić information content (AvgIpc) is 3.31. The first-order valence-corrected chi connectivity index (χ1v) is 11.2. The van der Waals surface area contributed by atoms with Gasteiger partial charge in [-0.2, -0.15) is 5.10 Å². The Morgan fingerprint density at radius 3 is 2.58 bits per heavy atom. The van der Waals surface area contributed by atoms with E-state index >= 15 is 0 Å². The smallest absolute Gasteiger partial charge is 0.336 e. The van der Waals surface area contributed by atoms with Gasteiger partial charge in [0.25, 0.3) is 0 Å². The van der Waals surface area contributed by atoms with E-state index in [-0.39, 0.29) is 23.9 Å². The monoisotopic (exact) mass is 454 g/mol. The third-order valence-electron chi connectivity index (χ3n) is 7.14. The molecule has 0 N–H and O–H groups in total. The molecule has 0 bridgehead atoms. The molecule has 2 fully saturated rings. The van der Waals surface area contributed by atoms with Gasteiger partial charge in [-0.1, -0.05) is 0 Å². The topological polar surface area (TPSA) is 116 Å². The molecule has 33 heavy (non-hydrogen) atoms. The quantitative estimate of drug-likeness (QED) is 0.269. The lowest BCUT2D eigenvalue weighted by Crippen LogP contribution is -2.42. The Bertz CT molecular complexity index is 982. The SMILES string of the molecule is C=N/N=N\N(C)c1ccc(CN(C)[C@H]2CC[C@@]3(CCN(C4=C(C)C(=O)OC4)C3=O)CC2)nn1. The number of carbonyl (C=O) groups excluding carboxylic acids is 2. The zero-order valence-electron chi connectivity index (χ0n) is 19.4. The predicted octanol–water partition coefficient (Wildman–Crippen LogP) is 2.32. The lowest BCUT2D eigenvalue weighted by atomic mass is 9.71. The van der Waals surface area contributed by atoms with E-state index in [2.05, 4.69) is 44.4 Å². The molecule has 1 saturated heterocycles. The summed E-state index contributed by atoms with van der Waals surface area (Å²) in [4.78, 5) is 29.1. The van der Waals surface area contributed by atoms with E-state index < -0.39 is 0 Å². The Labute approximate surface area is 193 Å². The van der Waals surface area contributed by atoms with Crippen LogP contribution >= 0.6 is 0 Å². The number of hydrogen-bond acceptors (Lipinski definition) is 8. The van der Waals surface area contributed by atoms with Gasteiger partial charge in [0.05, 0.1) is 22.4 Å². The highest BCUT2D eigenvalue weighted by Gasteiger charge is 2.50. The fourth-order valence-corrected chi connectivity index (χ4v) is 5.01. The number of esters is 1. The van der Waals surface area contributed by atoms with Crippen LogP contribution in [0.4, 0.5) is 5.82 Å².